The Hall–Kier alpha value is -0.870. The van der Waals surface area contributed by atoms with E-state index < -0.39 is 0 Å². The number of ether oxygens (including phenoxy) is 1. The third-order valence-electron chi connectivity index (χ3n) is 2.84. The van der Waals surface area contributed by atoms with Gasteiger partial charge < -0.3 is 10.5 Å². The Bertz CT molecular complexity index is 281. The van der Waals surface area contributed by atoms with Crippen LogP contribution in [-0.2, 0) is 18.2 Å². The lowest BCUT2D eigenvalue weighted by molar-refractivity contribution is 0.0747. The van der Waals surface area contributed by atoms with Gasteiger partial charge in [0.25, 0.3) is 0 Å². The Morgan fingerprint density at radius 2 is 2.33 bits per heavy atom. The van der Waals surface area contributed by atoms with Crippen molar-refractivity contribution in [2.45, 2.75) is 38.3 Å². The van der Waals surface area contributed by atoms with E-state index in [9.17, 15) is 0 Å². The zero-order chi connectivity index (χ0) is 11.3. The SMILES string of the molecule is CCC(OC)C(N)CCc1ccnn1C. The Kier molecular flexibility index (Phi) is 4.78. The molecule has 1 aromatic heterocycles. The molecule has 0 spiro atoms. The van der Waals surface area contributed by atoms with Crippen LogP contribution in [0.2, 0.25) is 0 Å². The highest BCUT2D eigenvalue weighted by atomic mass is 16.5. The van der Waals surface area contributed by atoms with Crippen molar-refractivity contribution in [2.75, 3.05) is 7.11 Å². The molecule has 0 aliphatic rings. The highest BCUT2D eigenvalue weighted by Crippen LogP contribution is 2.09. The van der Waals surface area contributed by atoms with E-state index in [0.717, 1.165) is 19.3 Å². The van der Waals surface area contributed by atoms with Crippen molar-refractivity contribution in [1.82, 2.24) is 9.78 Å². The summed E-state index contributed by atoms with van der Waals surface area (Å²) in [6.07, 6.45) is 4.83. The second kappa shape index (κ2) is 5.88. The van der Waals surface area contributed by atoms with Gasteiger partial charge in [0.05, 0.1) is 6.10 Å². The summed E-state index contributed by atoms with van der Waals surface area (Å²) in [5.41, 5.74) is 7.27. The number of aromatic nitrogens is 2. The minimum absolute atomic E-state index is 0.106. The first-order valence-electron chi connectivity index (χ1n) is 5.44. The van der Waals surface area contributed by atoms with Gasteiger partial charge in [-0.05, 0) is 25.3 Å². The monoisotopic (exact) mass is 211 g/mol. The maximum Gasteiger partial charge on any atom is 0.0719 e. The fourth-order valence-electron chi connectivity index (χ4n) is 1.79. The summed E-state index contributed by atoms with van der Waals surface area (Å²) in [4.78, 5) is 0. The van der Waals surface area contributed by atoms with Gasteiger partial charge in [0, 0.05) is 32.1 Å². The van der Waals surface area contributed by atoms with Crippen molar-refractivity contribution in [3.05, 3.63) is 18.0 Å². The number of aryl methyl sites for hydroxylation is 2. The summed E-state index contributed by atoms with van der Waals surface area (Å²) in [6.45, 7) is 2.10. The summed E-state index contributed by atoms with van der Waals surface area (Å²) >= 11 is 0. The second-order valence-corrected chi connectivity index (χ2v) is 3.83. The van der Waals surface area contributed by atoms with E-state index in [1.54, 1.807) is 7.11 Å². The number of nitrogens with zero attached hydrogens (tertiary/aromatic N) is 2. The van der Waals surface area contributed by atoms with E-state index >= 15 is 0 Å². The molecular weight excluding hydrogens is 190 g/mol. The van der Waals surface area contributed by atoms with Crippen molar-refractivity contribution in [1.29, 1.82) is 0 Å². The van der Waals surface area contributed by atoms with Crippen molar-refractivity contribution in [3.63, 3.8) is 0 Å². The molecule has 0 aliphatic heterocycles. The van der Waals surface area contributed by atoms with E-state index in [1.165, 1.54) is 5.69 Å². The topological polar surface area (TPSA) is 53.1 Å². The maximum absolute atomic E-state index is 6.05. The Labute approximate surface area is 91.4 Å². The highest BCUT2D eigenvalue weighted by Gasteiger charge is 2.15. The normalized spacial score (nSPS) is 15.2. The van der Waals surface area contributed by atoms with E-state index in [4.69, 9.17) is 10.5 Å². The van der Waals surface area contributed by atoms with Crippen LogP contribution in [0, 0.1) is 0 Å². The molecule has 0 aliphatic carbocycles. The van der Waals surface area contributed by atoms with Gasteiger partial charge in [0.2, 0.25) is 0 Å². The van der Waals surface area contributed by atoms with E-state index in [2.05, 4.69) is 12.0 Å². The lowest BCUT2D eigenvalue weighted by Gasteiger charge is -2.20. The van der Waals surface area contributed by atoms with Crippen LogP contribution in [0.15, 0.2) is 12.3 Å². The third kappa shape index (κ3) is 3.32. The van der Waals surface area contributed by atoms with E-state index in [0.29, 0.717) is 0 Å². The van der Waals surface area contributed by atoms with Crippen molar-refractivity contribution in [2.24, 2.45) is 12.8 Å². The molecule has 1 rings (SSSR count). The zero-order valence-corrected chi connectivity index (χ0v) is 9.81. The lowest BCUT2D eigenvalue weighted by atomic mass is 10.0. The van der Waals surface area contributed by atoms with Crippen LogP contribution in [0.4, 0.5) is 0 Å². The van der Waals surface area contributed by atoms with Gasteiger partial charge in [-0.1, -0.05) is 6.92 Å². The summed E-state index contributed by atoms with van der Waals surface area (Å²) < 4.78 is 7.20. The van der Waals surface area contributed by atoms with Crippen LogP contribution in [0.5, 0.6) is 0 Å². The number of hydrogen-bond acceptors (Lipinski definition) is 3. The predicted molar refractivity (Wildman–Crippen MR) is 60.6 cm³/mol. The third-order valence-corrected chi connectivity index (χ3v) is 2.84. The minimum Gasteiger partial charge on any atom is -0.380 e. The number of hydrogen-bond donors (Lipinski definition) is 1. The molecule has 4 heteroatoms. The molecular formula is C11H21N3O. The van der Waals surface area contributed by atoms with E-state index in [1.807, 2.05) is 24.0 Å². The number of methoxy groups -OCH3 is 1. The molecule has 0 aromatic carbocycles. The summed E-state index contributed by atoms with van der Waals surface area (Å²) in [5.74, 6) is 0. The summed E-state index contributed by atoms with van der Waals surface area (Å²) in [6, 6.07) is 2.13. The van der Waals surface area contributed by atoms with Crippen LogP contribution >= 0.6 is 0 Å². The van der Waals surface area contributed by atoms with Gasteiger partial charge in [0.15, 0.2) is 0 Å². The van der Waals surface area contributed by atoms with Gasteiger partial charge in [-0.3, -0.25) is 4.68 Å². The molecule has 0 amide bonds. The fraction of sp³-hybridized carbons (Fsp3) is 0.727. The molecule has 2 N–H and O–H groups in total. The van der Waals surface area contributed by atoms with Crippen LogP contribution < -0.4 is 5.73 Å². The Morgan fingerprint density at radius 1 is 1.60 bits per heavy atom. The van der Waals surface area contributed by atoms with Gasteiger partial charge in [-0.2, -0.15) is 5.10 Å². The van der Waals surface area contributed by atoms with Crippen molar-refractivity contribution >= 4 is 0 Å². The zero-order valence-electron chi connectivity index (χ0n) is 9.81. The maximum atomic E-state index is 6.05. The van der Waals surface area contributed by atoms with Crippen LogP contribution in [0.3, 0.4) is 0 Å². The standard InChI is InChI=1S/C11H21N3O/c1-4-11(15-3)10(12)6-5-9-7-8-13-14(9)2/h7-8,10-11H,4-6,12H2,1-3H3. The van der Waals surface area contributed by atoms with Gasteiger partial charge in [0.1, 0.15) is 0 Å². The van der Waals surface area contributed by atoms with Crippen molar-refractivity contribution < 1.29 is 4.74 Å². The van der Waals surface area contributed by atoms with Gasteiger partial charge >= 0.3 is 0 Å². The average molecular weight is 211 g/mol. The second-order valence-electron chi connectivity index (χ2n) is 3.83. The van der Waals surface area contributed by atoms with E-state index in [-0.39, 0.29) is 12.1 Å². The summed E-state index contributed by atoms with van der Waals surface area (Å²) in [7, 11) is 3.67. The molecule has 1 heterocycles. The molecule has 1 aromatic rings. The summed E-state index contributed by atoms with van der Waals surface area (Å²) in [5, 5.41) is 4.12. The Morgan fingerprint density at radius 3 is 2.80 bits per heavy atom. The quantitative estimate of drug-likeness (QED) is 0.766. The van der Waals surface area contributed by atoms with Crippen LogP contribution in [0.1, 0.15) is 25.5 Å². The number of rotatable bonds is 6. The smallest absolute Gasteiger partial charge is 0.0719 e. The minimum atomic E-state index is 0.106. The largest absolute Gasteiger partial charge is 0.380 e. The van der Waals surface area contributed by atoms with Crippen molar-refractivity contribution in [3.8, 4) is 0 Å². The Balaban J connectivity index is 2.40. The molecule has 4 nitrogen and oxygen atoms in total. The molecule has 0 saturated carbocycles. The first-order chi connectivity index (χ1) is 7.19. The first kappa shape index (κ1) is 12.2. The molecule has 86 valence electrons. The molecule has 0 radical (unpaired) electrons. The molecule has 2 atom stereocenters. The first-order valence-corrected chi connectivity index (χ1v) is 5.44. The average Bonchev–Trinajstić information content (AvgIpc) is 2.63. The molecule has 0 saturated heterocycles. The van der Waals surface area contributed by atoms with Crippen LogP contribution in [0.25, 0.3) is 0 Å². The highest BCUT2D eigenvalue weighted by molar-refractivity contribution is 5.00. The van der Waals surface area contributed by atoms with Gasteiger partial charge in [-0.25, -0.2) is 0 Å². The molecule has 0 fully saturated rings. The molecule has 0 bridgehead atoms. The van der Waals surface area contributed by atoms with Gasteiger partial charge in [-0.15, -0.1) is 0 Å². The molecule has 15 heavy (non-hydrogen) atoms. The number of nitrogens with two attached hydrogens (primary N) is 1. The fourth-order valence-corrected chi connectivity index (χ4v) is 1.79. The predicted octanol–water partition coefficient (Wildman–Crippen LogP) is 1.10. The lowest BCUT2D eigenvalue weighted by Crippen LogP contribution is -2.36. The molecule has 2 unspecified atom stereocenters. The van der Waals surface area contributed by atoms with Crippen LogP contribution in [-0.4, -0.2) is 29.0 Å².